The van der Waals surface area contributed by atoms with Crippen molar-refractivity contribution in [3.8, 4) is 0 Å². The lowest BCUT2D eigenvalue weighted by Crippen LogP contribution is -2.31. The number of hydrogen-bond acceptors (Lipinski definition) is 4. The van der Waals surface area contributed by atoms with E-state index in [1.165, 1.54) is 5.56 Å². The highest BCUT2D eigenvalue weighted by atomic mass is 32.1. The van der Waals surface area contributed by atoms with Crippen molar-refractivity contribution >= 4 is 43.4 Å². The van der Waals surface area contributed by atoms with Gasteiger partial charge in [0.05, 0.1) is 29.4 Å². The van der Waals surface area contributed by atoms with Gasteiger partial charge >= 0.3 is 0 Å². The van der Waals surface area contributed by atoms with E-state index < -0.39 is 0 Å². The quantitative estimate of drug-likeness (QED) is 0.325. The molecule has 0 aliphatic carbocycles. The highest BCUT2D eigenvalue weighted by Gasteiger charge is 2.23. The molecule has 154 valence electrons. The van der Waals surface area contributed by atoms with Crippen molar-refractivity contribution in [3.05, 3.63) is 95.4 Å². The molecule has 1 amide bonds. The van der Waals surface area contributed by atoms with Crippen LogP contribution >= 0.6 is 11.3 Å². The Bertz CT molecular complexity index is 1340. The van der Waals surface area contributed by atoms with Crippen molar-refractivity contribution in [2.75, 3.05) is 4.90 Å². The summed E-state index contributed by atoms with van der Waals surface area (Å²) in [5.41, 5.74) is 4.26. The van der Waals surface area contributed by atoms with Gasteiger partial charge in [0.15, 0.2) is 5.13 Å². The van der Waals surface area contributed by atoms with Gasteiger partial charge in [-0.05, 0) is 53.4 Å². The second-order valence-corrected chi connectivity index (χ2v) is 8.73. The van der Waals surface area contributed by atoms with Gasteiger partial charge < -0.3 is 4.42 Å². The number of aryl methyl sites for hydroxylation is 2. The molecule has 4 nitrogen and oxygen atoms in total. The largest absolute Gasteiger partial charge is 0.467 e. The predicted octanol–water partition coefficient (Wildman–Crippen LogP) is 6.44. The first-order valence-electron chi connectivity index (χ1n) is 10.3. The molecule has 5 rings (SSSR count). The maximum Gasteiger partial charge on any atom is 0.233 e. The van der Waals surface area contributed by atoms with Crippen molar-refractivity contribution in [1.29, 1.82) is 0 Å². The summed E-state index contributed by atoms with van der Waals surface area (Å²) < 4.78 is 6.68. The molecule has 0 aliphatic heterocycles. The fourth-order valence-corrected chi connectivity index (χ4v) is 5.02. The number of hydrogen-bond donors (Lipinski definition) is 0. The molecule has 31 heavy (non-hydrogen) atoms. The number of furan rings is 1. The van der Waals surface area contributed by atoms with Crippen molar-refractivity contribution in [3.63, 3.8) is 0 Å². The summed E-state index contributed by atoms with van der Waals surface area (Å²) in [6.45, 7) is 4.49. The summed E-state index contributed by atoms with van der Waals surface area (Å²) in [6.07, 6.45) is 1.94. The molecule has 0 saturated carbocycles. The SMILES string of the molecule is Cc1ccc(C)c2sc(N(Cc3ccco3)C(=O)Cc3cccc4ccccc34)nc12. The zero-order valence-corrected chi connectivity index (χ0v) is 18.3. The zero-order chi connectivity index (χ0) is 21.4. The molecule has 0 N–H and O–H groups in total. The minimum absolute atomic E-state index is 0.00196. The van der Waals surface area contributed by atoms with Gasteiger partial charge in [-0.1, -0.05) is 65.9 Å². The van der Waals surface area contributed by atoms with Crippen LogP contribution in [0.2, 0.25) is 0 Å². The average Bonchev–Trinajstić information content (AvgIpc) is 3.45. The highest BCUT2D eigenvalue weighted by Crippen LogP contribution is 2.34. The number of anilines is 1. The lowest BCUT2D eigenvalue weighted by atomic mass is 10.0. The summed E-state index contributed by atoms with van der Waals surface area (Å²) in [7, 11) is 0. The predicted molar refractivity (Wildman–Crippen MR) is 127 cm³/mol. The van der Waals surface area contributed by atoms with E-state index in [9.17, 15) is 4.79 Å². The van der Waals surface area contributed by atoms with Crippen LogP contribution < -0.4 is 4.90 Å². The van der Waals surface area contributed by atoms with Gasteiger partial charge in [0.2, 0.25) is 5.91 Å². The van der Waals surface area contributed by atoms with Crippen molar-refractivity contribution in [2.24, 2.45) is 0 Å². The minimum atomic E-state index is 0.00196. The Balaban J connectivity index is 1.55. The molecular formula is C26H22N2O2S. The lowest BCUT2D eigenvalue weighted by molar-refractivity contribution is -0.118. The van der Waals surface area contributed by atoms with Crippen molar-refractivity contribution in [1.82, 2.24) is 4.98 Å². The van der Waals surface area contributed by atoms with Gasteiger partial charge in [0, 0.05) is 0 Å². The fraction of sp³-hybridized carbons (Fsp3) is 0.154. The van der Waals surface area contributed by atoms with E-state index >= 15 is 0 Å². The Hall–Kier alpha value is -3.44. The van der Waals surface area contributed by atoms with Crippen LogP contribution in [0, 0.1) is 13.8 Å². The topological polar surface area (TPSA) is 46.3 Å². The summed E-state index contributed by atoms with van der Waals surface area (Å²) in [6, 6.07) is 22.2. The summed E-state index contributed by atoms with van der Waals surface area (Å²) in [5.74, 6) is 0.737. The van der Waals surface area contributed by atoms with E-state index in [2.05, 4.69) is 44.2 Å². The molecule has 0 fully saturated rings. The van der Waals surface area contributed by atoms with Crippen LogP contribution in [-0.4, -0.2) is 10.9 Å². The van der Waals surface area contributed by atoms with Crippen LogP contribution in [-0.2, 0) is 17.8 Å². The molecule has 0 spiro atoms. The molecule has 0 radical (unpaired) electrons. The first-order valence-corrected chi connectivity index (χ1v) is 11.1. The molecule has 0 aliphatic rings. The molecule has 2 heterocycles. The maximum atomic E-state index is 13.6. The number of fused-ring (bicyclic) bond motifs is 2. The van der Waals surface area contributed by atoms with Crippen molar-refractivity contribution in [2.45, 2.75) is 26.8 Å². The molecule has 0 bridgehead atoms. The van der Waals surface area contributed by atoms with Crippen molar-refractivity contribution < 1.29 is 9.21 Å². The van der Waals surface area contributed by atoms with Crippen LogP contribution in [0.15, 0.2) is 77.4 Å². The number of benzene rings is 3. The second kappa shape index (κ2) is 8.00. The molecule has 0 atom stereocenters. The number of rotatable bonds is 5. The number of aromatic nitrogens is 1. The van der Waals surface area contributed by atoms with Gasteiger partial charge in [0.25, 0.3) is 0 Å². The lowest BCUT2D eigenvalue weighted by Gasteiger charge is -2.19. The average molecular weight is 427 g/mol. The van der Waals surface area contributed by atoms with Gasteiger partial charge in [-0.15, -0.1) is 0 Å². The third-order valence-electron chi connectivity index (χ3n) is 5.58. The van der Waals surface area contributed by atoms with Gasteiger partial charge in [-0.3, -0.25) is 9.69 Å². The van der Waals surface area contributed by atoms with E-state index in [0.717, 1.165) is 37.9 Å². The number of amides is 1. The minimum Gasteiger partial charge on any atom is -0.467 e. The third-order valence-corrected chi connectivity index (χ3v) is 6.79. The Labute approximate surface area is 184 Å². The van der Waals surface area contributed by atoms with Crippen LogP contribution in [0.1, 0.15) is 22.5 Å². The standard InChI is InChI=1S/C26H22N2O2S/c1-17-12-13-18(2)25-24(17)27-26(31-25)28(16-21-10-6-14-30-21)23(29)15-20-9-5-8-19-7-3-4-11-22(19)20/h3-14H,15-16H2,1-2H3. The monoisotopic (exact) mass is 426 g/mol. The Morgan fingerprint density at radius 2 is 1.77 bits per heavy atom. The Morgan fingerprint density at radius 3 is 2.58 bits per heavy atom. The van der Waals surface area contributed by atoms with Gasteiger partial charge in [0.1, 0.15) is 5.76 Å². The van der Waals surface area contributed by atoms with E-state index in [1.54, 1.807) is 22.5 Å². The Morgan fingerprint density at radius 1 is 0.968 bits per heavy atom. The summed E-state index contributed by atoms with van der Waals surface area (Å²) in [4.78, 5) is 20.2. The molecule has 3 aromatic carbocycles. The Kier molecular flexibility index (Phi) is 5.04. The van der Waals surface area contributed by atoms with Crippen LogP contribution in [0.5, 0.6) is 0 Å². The van der Waals surface area contributed by atoms with E-state index in [-0.39, 0.29) is 5.91 Å². The van der Waals surface area contributed by atoms with Crippen LogP contribution in [0.3, 0.4) is 0 Å². The molecule has 0 saturated heterocycles. The summed E-state index contributed by atoms with van der Waals surface area (Å²) >= 11 is 1.56. The normalized spacial score (nSPS) is 11.3. The third kappa shape index (κ3) is 3.73. The highest BCUT2D eigenvalue weighted by molar-refractivity contribution is 7.22. The van der Waals surface area contributed by atoms with Gasteiger partial charge in [-0.25, -0.2) is 4.98 Å². The first kappa shape index (κ1) is 19.5. The molecule has 5 heteroatoms. The van der Waals surface area contributed by atoms with E-state index in [1.807, 2.05) is 36.4 Å². The van der Waals surface area contributed by atoms with Crippen LogP contribution in [0.4, 0.5) is 5.13 Å². The number of nitrogens with zero attached hydrogens (tertiary/aromatic N) is 2. The van der Waals surface area contributed by atoms with Crippen LogP contribution in [0.25, 0.3) is 21.0 Å². The smallest absolute Gasteiger partial charge is 0.233 e. The second-order valence-electron chi connectivity index (χ2n) is 7.75. The number of thiazole rings is 1. The van der Waals surface area contributed by atoms with E-state index in [4.69, 9.17) is 9.40 Å². The number of carbonyl (C=O) groups is 1. The fourth-order valence-electron chi connectivity index (χ4n) is 3.89. The molecule has 0 unspecified atom stereocenters. The molecule has 2 aromatic heterocycles. The van der Waals surface area contributed by atoms with Gasteiger partial charge in [-0.2, -0.15) is 0 Å². The maximum absolute atomic E-state index is 13.6. The first-order chi connectivity index (χ1) is 15.1. The summed E-state index contributed by atoms with van der Waals surface area (Å²) in [5, 5.41) is 2.94. The number of carbonyl (C=O) groups excluding carboxylic acids is 1. The van der Waals surface area contributed by atoms with E-state index in [0.29, 0.717) is 18.1 Å². The zero-order valence-electron chi connectivity index (χ0n) is 17.5. The molecule has 5 aromatic rings. The molecular weight excluding hydrogens is 404 g/mol.